The summed E-state index contributed by atoms with van der Waals surface area (Å²) >= 11 is 0. The van der Waals surface area contributed by atoms with Crippen LogP contribution in [0.2, 0.25) is 0 Å². The molecule has 1 aromatic carbocycles. The number of anilines is 1. The predicted molar refractivity (Wildman–Crippen MR) is 139 cm³/mol. The molecule has 38 heavy (non-hydrogen) atoms. The van der Waals surface area contributed by atoms with Crippen molar-refractivity contribution in [2.75, 3.05) is 37.3 Å². The number of fused-ring (bicyclic) bond motifs is 2. The third-order valence-electron chi connectivity index (χ3n) is 7.46. The van der Waals surface area contributed by atoms with Gasteiger partial charge >= 0.3 is 6.09 Å². The zero-order valence-corrected chi connectivity index (χ0v) is 23.1. The first-order chi connectivity index (χ1) is 17.8. The summed E-state index contributed by atoms with van der Waals surface area (Å²) in [5.41, 5.74) is 0.222. The minimum absolute atomic E-state index is 0.00560. The summed E-state index contributed by atoms with van der Waals surface area (Å²) in [6, 6.07) is 5.02. The number of carbonyl (C=O) groups is 2. The maximum Gasteiger partial charge on any atom is 0.411 e. The van der Waals surface area contributed by atoms with Gasteiger partial charge in [0.1, 0.15) is 23.5 Å². The Morgan fingerprint density at radius 2 is 1.89 bits per heavy atom. The van der Waals surface area contributed by atoms with Crippen LogP contribution >= 0.6 is 0 Å². The summed E-state index contributed by atoms with van der Waals surface area (Å²) < 4.78 is 45.4. The number of benzene rings is 1. The van der Waals surface area contributed by atoms with E-state index in [4.69, 9.17) is 4.74 Å². The van der Waals surface area contributed by atoms with Crippen molar-refractivity contribution >= 4 is 27.7 Å². The number of amides is 2. The van der Waals surface area contributed by atoms with Crippen LogP contribution in [0.25, 0.3) is 0 Å². The fourth-order valence-corrected chi connectivity index (χ4v) is 6.51. The van der Waals surface area contributed by atoms with Crippen molar-refractivity contribution in [3.8, 4) is 6.07 Å². The van der Waals surface area contributed by atoms with E-state index in [0.717, 1.165) is 19.3 Å². The first-order valence-electron chi connectivity index (χ1n) is 13.0. The smallest absolute Gasteiger partial charge is 0.411 e. The molecule has 12 heteroatoms. The van der Waals surface area contributed by atoms with Gasteiger partial charge in [-0.2, -0.15) is 9.57 Å². The predicted octanol–water partition coefficient (Wildman–Crippen LogP) is 2.25. The molecule has 0 unspecified atom stereocenters. The Labute approximate surface area is 223 Å². The Morgan fingerprint density at radius 1 is 1.21 bits per heavy atom. The summed E-state index contributed by atoms with van der Waals surface area (Å²) in [4.78, 5) is 29.5. The van der Waals surface area contributed by atoms with Crippen LogP contribution in [-0.2, 0) is 26.0 Å². The number of rotatable bonds is 6. The van der Waals surface area contributed by atoms with Crippen LogP contribution in [0, 0.1) is 23.1 Å². The Bertz CT molecular complexity index is 1220. The highest BCUT2D eigenvalue weighted by molar-refractivity contribution is 7.88. The summed E-state index contributed by atoms with van der Waals surface area (Å²) in [7, 11) is -3.26. The molecule has 3 aliphatic rings. The van der Waals surface area contributed by atoms with Gasteiger partial charge in [0.05, 0.1) is 12.3 Å². The van der Waals surface area contributed by atoms with Gasteiger partial charge in [-0.3, -0.25) is 9.69 Å². The van der Waals surface area contributed by atoms with Crippen molar-refractivity contribution in [1.82, 2.24) is 14.5 Å². The van der Waals surface area contributed by atoms with Gasteiger partial charge in [0.2, 0.25) is 15.9 Å². The van der Waals surface area contributed by atoms with Crippen molar-refractivity contribution in [2.24, 2.45) is 5.92 Å². The molecule has 2 aliphatic heterocycles. The number of ether oxygens (including phenoxy) is 1. The van der Waals surface area contributed by atoms with E-state index in [2.05, 4.69) is 5.32 Å². The summed E-state index contributed by atoms with van der Waals surface area (Å²) in [5.74, 6) is -0.917. The Kier molecular flexibility index (Phi) is 7.91. The second-order valence-electron chi connectivity index (χ2n) is 11.4. The highest BCUT2D eigenvalue weighted by Crippen LogP contribution is 2.43. The monoisotopic (exact) mass is 549 g/mol. The fraction of sp³-hybridized carbons (Fsp3) is 0.654. The number of halogens is 1. The average Bonchev–Trinajstić information content (AvgIpc) is 3.45. The molecule has 2 amide bonds. The quantitative estimate of drug-likeness (QED) is 0.577. The molecule has 4 rings (SSSR count). The average molecular weight is 550 g/mol. The second kappa shape index (κ2) is 10.7. The van der Waals surface area contributed by atoms with E-state index in [0.29, 0.717) is 31.9 Å². The Morgan fingerprint density at radius 3 is 2.47 bits per heavy atom. The number of hydrogen-bond acceptors (Lipinski definition) is 7. The molecule has 1 N–H and O–H groups in total. The Balaban J connectivity index is 1.39. The highest BCUT2D eigenvalue weighted by Gasteiger charge is 2.52. The van der Waals surface area contributed by atoms with E-state index in [1.165, 1.54) is 21.5 Å². The molecule has 2 bridgehead atoms. The number of hydrogen-bond donors (Lipinski definition) is 1. The number of carbonyl (C=O) groups excluding carboxylic acids is 2. The maximum absolute atomic E-state index is 15.0. The lowest BCUT2D eigenvalue weighted by atomic mass is 9.97. The summed E-state index contributed by atoms with van der Waals surface area (Å²) in [6.07, 6.45) is 2.99. The summed E-state index contributed by atoms with van der Waals surface area (Å²) in [6.45, 7) is 6.86. The molecule has 208 valence electrons. The lowest BCUT2D eigenvalue weighted by Gasteiger charge is -2.36. The van der Waals surface area contributed by atoms with E-state index in [1.807, 2.05) is 11.0 Å². The van der Waals surface area contributed by atoms with E-state index in [1.54, 1.807) is 32.9 Å². The number of sulfonamides is 1. The normalized spacial score (nSPS) is 24.7. The lowest BCUT2D eigenvalue weighted by molar-refractivity contribution is -0.128. The molecular formula is C26H36FN5O5S. The lowest BCUT2D eigenvalue weighted by Crippen LogP contribution is -2.55. The van der Waals surface area contributed by atoms with E-state index < -0.39 is 45.5 Å². The highest BCUT2D eigenvalue weighted by atomic mass is 32.2. The van der Waals surface area contributed by atoms with Crippen LogP contribution in [0.1, 0.15) is 45.6 Å². The fourth-order valence-electron chi connectivity index (χ4n) is 5.69. The number of nitriles is 1. The molecule has 0 radical (unpaired) electrons. The summed E-state index contributed by atoms with van der Waals surface area (Å²) in [5, 5.41) is 12.4. The molecule has 4 atom stereocenters. The van der Waals surface area contributed by atoms with Gasteiger partial charge in [0.15, 0.2) is 0 Å². The van der Waals surface area contributed by atoms with Gasteiger partial charge in [-0.25, -0.2) is 17.6 Å². The van der Waals surface area contributed by atoms with Crippen LogP contribution in [0.15, 0.2) is 18.2 Å². The van der Waals surface area contributed by atoms with Crippen molar-refractivity contribution in [1.29, 1.82) is 5.26 Å². The van der Waals surface area contributed by atoms with Gasteiger partial charge in [0.25, 0.3) is 0 Å². The van der Waals surface area contributed by atoms with Crippen LogP contribution in [-0.4, -0.2) is 85.8 Å². The molecule has 1 aromatic rings. The topological polar surface area (TPSA) is 123 Å². The van der Waals surface area contributed by atoms with Crippen molar-refractivity contribution in [3.05, 3.63) is 29.6 Å². The third kappa shape index (κ3) is 6.21. The molecule has 0 aromatic heterocycles. The number of nitrogens with zero attached hydrogens (tertiary/aromatic N) is 4. The zero-order chi connectivity index (χ0) is 27.8. The maximum atomic E-state index is 15.0. The van der Waals surface area contributed by atoms with Gasteiger partial charge in [-0.15, -0.1) is 0 Å². The molecule has 2 saturated heterocycles. The Hall–Kier alpha value is -2.91. The standard InChI is InChI=1S/C26H36FN5O5S/c1-26(2,3)37-25(34)32-21-8-6-18(14-21)23(32)24(33)29-19(16-28)13-17-5-7-20(15-22(17)27)30-9-11-31(12-10-30)38(4,35)36/h5,7,15,18-19,21,23H,6,8-14H2,1-4H3,(H,29,33)/t18-,19-,21+,23-/m0/s1. The van der Waals surface area contributed by atoms with Gasteiger partial charge in [-0.1, -0.05) is 6.07 Å². The first-order valence-corrected chi connectivity index (χ1v) is 14.8. The van der Waals surface area contributed by atoms with Crippen molar-refractivity contribution in [3.63, 3.8) is 0 Å². The minimum Gasteiger partial charge on any atom is -0.444 e. The van der Waals surface area contributed by atoms with Gasteiger partial charge in [-0.05, 0) is 63.6 Å². The van der Waals surface area contributed by atoms with Crippen LogP contribution < -0.4 is 10.2 Å². The zero-order valence-electron chi connectivity index (χ0n) is 22.3. The number of nitrogens with one attached hydrogen (secondary N) is 1. The van der Waals surface area contributed by atoms with Crippen LogP contribution in [0.5, 0.6) is 0 Å². The molecule has 3 fully saturated rings. The second-order valence-corrected chi connectivity index (χ2v) is 13.4. The SMILES string of the molecule is CC(C)(C)OC(=O)N1[C@@H]2CC[C@@H](C2)[C@H]1C(=O)N[C@H](C#N)Cc1ccc(N2CCN(S(C)(=O)=O)CC2)cc1F. The van der Waals surface area contributed by atoms with Gasteiger partial charge in [0, 0.05) is 44.3 Å². The largest absolute Gasteiger partial charge is 0.444 e. The molecule has 1 saturated carbocycles. The molecular weight excluding hydrogens is 513 g/mol. The molecule has 1 aliphatic carbocycles. The van der Waals surface area contributed by atoms with Gasteiger partial charge < -0.3 is 15.0 Å². The third-order valence-corrected chi connectivity index (χ3v) is 8.77. The molecule has 10 nitrogen and oxygen atoms in total. The van der Waals surface area contributed by atoms with E-state index in [-0.39, 0.29) is 23.9 Å². The molecule has 0 spiro atoms. The van der Waals surface area contributed by atoms with Crippen LogP contribution in [0.4, 0.5) is 14.9 Å². The number of likely N-dealkylation sites (tertiary alicyclic amines) is 1. The minimum atomic E-state index is -3.26. The van der Waals surface area contributed by atoms with E-state index >= 15 is 4.39 Å². The van der Waals surface area contributed by atoms with Crippen molar-refractivity contribution in [2.45, 2.75) is 70.2 Å². The van der Waals surface area contributed by atoms with Crippen LogP contribution in [0.3, 0.4) is 0 Å². The molecule has 2 heterocycles. The number of piperazine rings is 1. The van der Waals surface area contributed by atoms with E-state index in [9.17, 15) is 23.3 Å². The first kappa shape index (κ1) is 28.1. The van der Waals surface area contributed by atoms with Crippen molar-refractivity contribution < 1.29 is 27.1 Å². The number of piperidine rings is 1.